The molecule has 0 aromatic carbocycles. The second kappa shape index (κ2) is 6.14. The zero-order valence-electron chi connectivity index (χ0n) is 10.5. The minimum absolute atomic E-state index is 0.327. The highest BCUT2D eigenvalue weighted by Crippen LogP contribution is 2.29. The van der Waals surface area contributed by atoms with Gasteiger partial charge in [0.2, 0.25) is 5.91 Å². The number of carbonyl (C=O) groups is 1. The van der Waals surface area contributed by atoms with E-state index in [0.29, 0.717) is 11.8 Å². The van der Waals surface area contributed by atoms with Crippen molar-refractivity contribution < 1.29 is 4.79 Å². The summed E-state index contributed by atoms with van der Waals surface area (Å²) < 4.78 is 0. The first kappa shape index (κ1) is 12.5. The van der Waals surface area contributed by atoms with Gasteiger partial charge < -0.3 is 4.90 Å². The van der Waals surface area contributed by atoms with E-state index in [1.165, 1.54) is 12.8 Å². The summed E-state index contributed by atoms with van der Waals surface area (Å²) in [5.74, 6) is 1.56. The lowest BCUT2D eigenvalue weighted by atomic mass is 9.82. The maximum absolute atomic E-state index is 12.2. The number of hydrogen-bond acceptors (Lipinski definition) is 1. The van der Waals surface area contributed by atoms with Crippen molar-refractivity contribution >= 4 is 5.91 Å². The van der Waals surface area contributed by atoms with Gasteiger partial charge in [0, 0.05) is 19.0 Å². The van der Waals surface area contributed by atoms with Gasteiger partial charge >= 0.3 is 0 Å². The van der Waals surface area contributed by atoms with Crippen LogP contribution in [0.15, 0.2) is 0 Å². The summed E-state index contributed by atoms with van der Waals surface area (Å²) in [6.45, 7) is 8.32. The van der Waals surface area contributed by atoms with Gasteiger partial charge in [0.1, 0.15) is 0 Å². The predicted molar refractivity (Wildman–Crippen MR) is 63.7 cm³/mol. The average molecular weight is 211 g/mol. The van der Waals surface area contributed by atoms with E-state index in [4.69, 9.17) is 0 Å². The van der Waals surface area contributed by atoms with Gasteiger partial charge in [-0.05, 0) is 44.9 Å². The van der Waals surface area contributed by atoms with Gasteiger partial charge in [-0.1, -0.05) is 13.8 Å². The molecule has 0 N–H and O–H groups in total. The Kier molecular flexibility index (Phi) is 5.13. The molecule has 0 aliphatic heterocycles. The van der Waals surface area contributed by atoms with E-state index in [-0.39, 0.29) is 0 Å². The Morgan fingerprint density at radius 1 is 1.20 bits per heavy atom. The molecule has 0 radical (unpaired) electrons. The maximum Gasteiger partial charge on any atom is 0.225 e. The summed E-state index contributed by atoms with van der Waals surface area (Å²) >= 11 is 0. The van der Waals surface area contributed by atoms with Gasteiger partial charge in [-0.25, -0.2) is 0 Å². The molecule has 1 saturated carbocycles. The zero-order chi connectivity index (χ0) is 11.3. The van der Waals surface area contributed by atoms with Crippen molar-refractivity contribution in [3.05, 3.63) is 0 Å². The standard InChI is InChI=1S/C13H25NO/c1-4-10-14(5-2)13(15)12-8-6-11(3)7-9-12/h11-12H,4-10H2,1-3H3/t11-,12+. The number of carbonyl (C=O) groups excluding carboxylic acids is 1. The summed E-state index contributed by atoms with van der Waals surface area (Å²) in [4.78, 5) is 14.2. The number of nitrogens with zero attached hydrogens (tertiary/aromatic N) is 1. The Labute approximate surface area is 94.0 Å². The Morgan fingerprint density at radius 2 is 1.80 bits per heavy atom. The highest BCUT2D eigenvalue weighted by atomic mass is 16.2. The van der Waals surface area contributed by atoms with Crippen molar-refractivity contribution in [2.45, 2.75) is 52.9 Å². The van der Waals surface area contributed by atoms with Gasteiger partial charge in [-0.15, -0.1) is 0 Å². The van der Waals surface area contributed by atoms with Gasteiger partial charge in [0.25, 0.3) is 0 Å². The van der Waals surface area contributed by atoms with Crippen LogP contribution < -0.4 is 0 Å². The molecule has 0 atom stereocenters. The number of amides is 1. The third kappa shape index (κ3) is 3.51. The third-order valence-electron chi connectivity index (χ3n) is 3.55. The summed E-state index contributed by atoms with van der Waals surface area (Å²) in [5, 5.41) is 0. The van der Waals surface area contributed by atoms with Crippen LogP contribution in [0.2, 0.25) is 0 Å². The molecule has 2 nitrogen and oxygen atoms in total. The second-order valence-corrected chi connectivity index (χ2v) is 4.87. The Bertz CT molecular complexity index is 195. The normalized spacial score (nSPS) is 26.3. The molecule has 0 heterocycles. The van der Waals surface area contributed by atoms with E-state index in [1.54, 1.807) is 0 Å². The second-order valence-electron chi connectivity index (χ2n) is 4.87. The Hall–Kier alpha value is -0.530. The van der Waals surface area contributed by atoms with Crippen LogP contribution in [0.5, 0.6) is 0 Å². The van der Waals surface area contributed by atoms with Crippen LogP contribution in [-0.4, -0.2) is 23.9 Å². The molecule has 1 amide bonds. The largest absolute Gasteiger partial charge is 0.343 e. The first-order valence-electron chi connectivity index (χ1n) is 6.47. The van der Waals surface area contributed by atoms with Gasteiger partial charge in [0.15, 0.2) is 0 Å². The Morgan fingerprint density at radius 3 is 2.27 bits per heavy atom. The predicted octanol–water partition coefficient (Wildman–Crippen LogP) is 3.07. The molecule has 0 unspecified atom stereocenters. The highest BCUT2D eigenvalue weighted by molar-refractivity contribution is 5.78. The molecule has 0 aromatic heterocycles. The molecule has 1 aliphatic rings. The lowest BCUT2D eigenvalue weighted by Crippen LogP contribution is -2.37. The number of hydrogen-bond donors (Lipinski definition) is 0. The van der Waals surface area contributed by atoms with E-state index in [1.807, 2.05) is 4.90 Å². The number of rotatable bonds is 4. The van der Waals surface area contributed by atoms with Gasteiger partial charge in [-0.3, -0.25) is 4.79 Å². The maximum atomic E-state index is 12.2. The van der Waals surface area contributed by atoms with E-state index in [0.717, 1.165) is 38.3 Å². The molecular weight excluding hydrogens is 186 g/mol. The van der Waals surface area contributed by atoms with Crippen molar-refractivity contribution in [2.24, 2.45) is 11.8 Å². The fourth-order valence-corrected chi connectivity index (χ4v) is 2.46. The molecule has 1 fully saturated rings. The molecule has 0 bridgehead atoms. The minimum Gasteiger partial charge on any atom is -0.343 e. The lowest BCUT2D eigenvalue weighted by molar-refractivity contribution is -0.136. The zero-order valence-corrected chi connectivity index (χ0v) is 10.5. The average Bonchev–Trinajstić information content (AvgIpc) is 2.26. The fraction of sp³-hybridized carbons (Fsp3) is 0.923. The Balaban J connectivity index is 2.44. The van der Waals surface area contributed by atoms with E-state index in [2.05, 4.69) is 20.8 Å². The molecule has 1 aliphatic carbocycles. The summed E-state index contributed by atoms with van der Waals surface area (Å²) in [7, 11) is 0. The van der Waals surface area contributed by atoms with Crippen LogP contribution in [0.3, 0.4) is 0 Å². The van der Waals surface area contributed by atoms with E-state index < -0.39 is 0 Å². The third-order valence-corrected chi connectivity index (χ3v) is 3.55. The molecular formula is C13H25NO. The van der Waals surface area contributed by atoms with E-state index in [9.17, 15) is 4.79 Å². The first-order chi connectivity index (χ1) is 7.19. The van der Waals surface area contributed by atoms with Crippen molar-refractivity contribution in [2.75, 3.05) is 13.1 Å². The van der Waals surface area contributed by atoms with Crippen LogP contribution >= 0.6 is 0 Å². The topological polar surface area (TPSA) is 20.3 Å². The van der Waals surface area contributed by atoms with Crippen LogP contribution in [0, 0.1) is 11.8 Å². The molecule has 1 rings (SSSR count). The van der Waals surface area contributed by atoms with Crippen molar-refractivity contribution in [3.63, 3.8) is 0 Å². The SMILES string of the molecule is CCCN(CC)C(=O)[C@H]1CC[C@@H](C)CC1. The van der Waals surface area contributed by atoms with Crippen molar-refractivity contribution in [3.8, 4) is 0 Å². The van der Waals surface area contributed by atoms with Crippen LogP contribution in [0.25, 0.3) is 0 Å². The van der Waals surface area contributed by atoms with Gasteiger partial charge in [0.05, 0.1) is 0 Å². The summed E-state index contributed by atoms with van der Waals surface area (Å²) in [6.07, 6.45) is 5.77. The summed E-state index contributed by atoms with van der Waals surface area (Å²) in [5.41, 5.74) is 0. The van der Waals surface area contributed by atoms with E-state index >= 15 is 0 Å². The molecule has 2 heteroatoms. The minimum atomic E-state index is 0.327. The molecule has 0 saturated heterocycles. The summed E-state index contributed by atoms with van der Waals surface area (Å²) in [6, 6.07) is 0. The van der Waals surface area contributed by atoms with Crippen molar-refractivity contribution in [1.82, 2.24) is 4.90 Å². The first-order valence-corrected chi connectivity index (χ1v) is 6.47. The van der Waals surface area contributed by atoms with Crippen LogP contribution in [0.1, 0.15) is 52.9 Å². The molecule has 15 heavy (non-hydrogen) atoms. The van der Waals surface area contributed by atoms with Crippen LogP contribution in [0.4, 0.5) is 0 Å². The molecule has 0 aromatic rings. The lowest BCUT2D eigenvalue weighted by Gasteiger charge is -2.30. The van der Waals surface area contributed by atoms with Crippen LogP contribution in [-0.2, 0) is 4.79 Å². The molecule has 88 valence electrons. The highest BCUT2D eigenvalue weighted by Gasteiger charge is 2.26. The fourth-order valence-electron chi connectivity index (χ4n) is 2.46. The smallest absolute Gasteiger partial charge is 0.225 e. The monoisotopic (exact) mass is 211 g/mol. The van der Waals surface area contributed by atoms with Gasteiger partial charge in [-0.2, -0.15) is 0 Å². The molecule has 0 spiro atoms. The van der Waals surface area contributed by atoms with Crippen molar-refractivity contribution in [1.29, 1.82) is 0 Å². The quantitative estimate of drug-likeness (QED) is 0.700.